The average Bonchev–Trinajstić information content (AvgIpc) is 2.55. The summed E-state index contributed by atoms with van der Waals surface area (Å²) in [6.45, 7) is 0.0602. The fraction of sp³-hybridized carbons (Fsp3) is 0.235. The minimum atomic E-state index is -1.09. The number of aliphatic hydroxyl groups is 1. The van der Waals surface area contributed by atoms with Crippen molar-refractivity contribution in [1.82, 2.24) is 0 Å². The van der Waals surface area contributed by atoms with Crippen LogP contribution in [-0.4, -0.2) is 24.6 Å². The highest BCUT2D eigenvalue weighted by Crippen LogP contribution is 2.37. The Morgan fingerprint density at radius 1 is 1.27 bits per heavy atom. The monoisotopic (exact) mass is 302 g/mol. The van der Waals surface area contributed by atoms with E-state index in [4.69, 9.17) is 9.47 Å². The lowest BCUT2D eigenvalue weighted by atomic mass is 9.87. The number of methoxy groups -OCH3 is 1. The van der Waals surface area contributed by atoms with Gasteiger partial charge in [0.2, 0.25) is 0 Å². The van der Waals surface area contributed by atoms with Crippen molar-refractivity contribution in [3.05, 3.63) is 59.4 Å². The van der Waals surface area contributed by atoms with Crippen LogP contribution in [0.4, 0.5) is 4.39 Å². The van der Waals surface area contributed by atoms with E-state index >= 15 is 0 Å². The zero-order chi connectivity index (χ0) is 15.7. The molecule has 1 aliphatic heterocycles. The lowest BCUT2D eigenvalue weighted by molar-refractivity contribution is 0.0415. The number of fused-ring (bicyclic) bond motifs is 1. The Morgan fingerprint density at radius 3 is 2.68 bits per heavy atom. The molecule has 0 amide bonds. The lowest BCUT2D eigenvalue weighted by Gasteiger charge is -2.29. The molecule has 0 bridgehead atoms. The van der Waals surface area contributed by atoms with Crippen LogP contribution in [0.2, 0.25) is 0 Å². The van der Waals surface area contributed by atoms with Crippen molar-refractivity contribution >= 4 is 5.78 Å². The third kappa shape index (κ3) is 2.55. The zero-order valence-corrected chi connectivity index (χ0v) is 12.0. The number of carbonyl (C=O) groups excluding carboxylic acids is 1. The minimum Gasteiger partial charge on any atom is -0.497 e. The number of ether oxygens (including phenoxy) is 2. The van der Waals surface area contributed by atoms with Gasteiger partial charge in [-0.3, -0.25) is 4.79 Å². The molecule has 1 heterocycles. The number of hydrogen-bond donors (Lipinski definition) is 1. The van der Waals surface area contributed by atoms with Crippen LogP contribution in [0.25, 0.3) is 0 Å². The molecule has 1 aliphatic rings. The van der Waals surface area contributed by atoms with Gasteiger partial charge in [-0.2, -0.15) is 0 Å². The van der Waals surface area contributed by atoms with Crippen molar-refractivity contribution in [1.29, 1.82) is 0 Å². The smallest absolute Gasteiger partial charge is 0.172 e. The van der Waals surface area contributed by atoms with Gasteiger partial charge in [-0.1, -0.05) is 0 Å². The SMILES string of the molecule is COc1ccc(C(=O)C2COc3ccc(F)cc3C2O)cc1. The molecule has 5 heteroatoms. The molecule has 2 unspecified atom stereocenters. The van der Waals surface area contributed by atoms with E-state index in [1.54, 1.807) is 31.4 Å². The van der Waals surface area contributed by atoms with E-state index in [0.717, 1.165) is 0 Å². The van der Waals surface area contributed by atoms with Crippen molar-refractivity contribution in [2.45, 2.75) is 6.10 Å². The van der Waals surface area contributed by atoms with Crippen LogP contribution in [0.1, 0.15) is 22.0 Å². The largest absolute Gasteiger partial charge is 0.497 e. The number of Topliss-reactive ketones (excluding diaryl/α,β-unsaturated/α-hetero) is 1. The number of aliphatic hydroxyl groups excluding tert-OH is 1. The summed E-state index contributed by atoms with van der Waals surface area (Å²) in [6, 6.07) is 10.5. The first kappa shape index (κ1) is 14.5. The quantitative estimate of drug-likeness (QED) is 0.886. The van der Waals surface area contributed by atoms with Crippen LogP contribution in [0.5, 0.6) is 11.5 Å². The van der Waals surface area contributed by atoms with Gasteiger partial charge in [-0.05, 0) is 42.5 Å². The van der Waals surface area contributed by atoms with Crippen molar-refractivity contribution in [2.24, 2.45) is 5.92 Å². The summed E-state index contributed by atoms with van der Waals surface area (Å²) in [7, 11) is 1.54. The molecule has 1 N–H and O–H groups in total. The maximum Gasteiger partial charge on any atom is 0.172 e. The number of ketones is 1. The maximum absolute atomic E-state index is 13.3. The van der Waals surface area contributed by atoms with E-state index in [-0.39, 0.29) is 12.4 Å². The number of hydrogen-bond acceptors (Lipinski definition) is 4. The highest BCUT2D eigenvalue weighted by molar-refractivity contribution is 5.98. The Balaban J connectivity index is 1.87. The molecule has 0 radical (unpaired) electrons. The number of rotatable bonds is 3. The normalized spacial score (nSPS) is 20.0. The van der Waals surface area contributed by atoms with E-state index in [0.29, 0.717) is 22.6 Å². The summed E-state index contributed by atoms with van der Waals surface area (Å²) in [5.74, 6) is -0.427. The van der Waals surface area contributed by atoms with E-state index in [1.807, 2.05) is 0 Å². The van der Waals surface area contributed by atoms with Crippen LogP contribution >= 0.6 is 0 Å². The highest BCUT2D eigenvalue weighted by Gasteiger charge is 2.35. The number of halogens is 1. The Bertz CT molecular complexity index is 696. The van der Waals surface area contributed by atoms with E-state index in [9.17, 15) is 14.3 Å². The Morgan fingerprint density at radius 2 is 2.00 bits per heavy atom. The fourth-order valence-electron chi connectivity index (χ4n) is 2.56. The second-order valence-electron chi connectivity index (χ2n) is 5.14. The van der Waals surface area contributed by atoms with Crippen molar-refractivity contribution < 1.29 is 23.8 Å². The van der Waals surface area contributed by atoms with Crippen molar-refractivity contribution in [3.8, 4) is 11.5 Å². The molecular formula is C17H15FO4. The van der Waals surface area contributed by atoms with Gasteiger partial charge < -0.3 is 14.6 Å². The van der Waals surface area contributed by atoms with Crippen LogP contribution in [-0.2, 0) is 0 Å². The molecule has 4 nitrogen and oxygen atoms in total. The summed E-state index contributed by atoms with van der Waals surface area (Å²) in [5.41, 5.74) is 0.756. The van der Waals surface area contributed by atoms with Crippen LogP contribution in [0, 0.1) is 11.7 Å². The number of benzene rings is 2. The third-order valence-electron chi connectivity index (χ3n) is 3.80. The topological polar surface area (TPSA) is 55.8 Å². The predicted molar refractivity (Wildman–Crippen MR) is 77.7 cm³/mol. The Hall–Kier alpha value is -2.40. The van der Waals surface area contributed by atoms with Crippen LogP contribution in [0.15, 0.2) is 42.5 Å². The van der Waals surface area contributed by atoms with E-state index in [2.05, 4.69) is 0 Å². The molecule has 0 aliphatic carbocycles. The Labute approximate surface area is 127 Å². The van der Waals surface area contributed by atoms with Gasteiger partial charge >= 0.3 is 0 Å². The molecule has 0 aromatic heterocycles. The van der Waals surface area contributed by atoms with Crippen molar-refractivity contribution in [3.63, 3.8) is 0 Å². The molecule has 0 saturated heterocycles. The molecule has 0 fully saturated rings. The second-order valence-corrected chi connectivity index (χ2v) is 5.14. The fourth-order valence-corrected chi connectivity index (χ4v) is 2.56. The molecular weight excluding hydrogens is 287 g/mol. The first-order valence-electron chi connectivity index (χ1n) is 6.88. The summed E-state index contributed by atoms with van der Waals surface area (Å²) in [5, 5.41) is 10.4. The van der Waals surface area contributed by atoms with Crippen LogP contribution in [0.3, 0.4) is 0 Å². The molecule has 114 valence electrons. The standard InChI is InChI=1S/C17H15FO4/c1-21-12-5-2-10(3-6-12)16(19)14-9-22-15-7-4-11(18)8-13(15)17(14)20/h2-8,14,17,20H,9H2,1H3. The first-order valence-corrected chi connectivity index (χ1v) is 6.88. The molecule has 2 aromatic rings. The van der Waals surface area contributed by atoms with Gasteiger partial charge in [-0.25, -0.2) is 4.39 Å². The van der Waals surface area contributed by atoms with Gasteiger partial charge in [0.1, 0.15) is 23.9 Å². The first-order chi connectivity index (χ1) is 10.6. The predicted octanol–water partition coefficient (Wildman–Crippen LogP) is 2.76. The molecule has 3 rings (SSSR count). The minimum absolute atomic E-state index is 0.0602. The van der Waals surface area contributed by atoms with Gasteiger partial charge in [0.15, 0.2) is 5.78 Å². The molecule has 2 aromatic carbocycles. The van der Waals surface area contributed by atoms with E-state index < -0.39 is 17.8 Å². The number of carbonyl (C=O) groups is 1. The Kier molecular flexibility index (Phi) is 3.81. The second kappa shape index (κ2) is 5.77. The average molecular weight is 302 g/mol. The van der Waals surface area contributed by atoms with Gasteiger partial charge in [-0.15, -0.1) is 0 Å². The van der Waals surface area contributed by atoms with Crippen molar-refractivity contribution in [2.75, 3.05) is 13.7 Å². The summed E-state index contributed by atoms with van der Waals surface area (Å²) >= 11 is 0. The van der Waals surface area contributed by atoms with Crippen LogP contribution < -0.4 is 9.47 Å². The molecule has 22 heavy (non-hydrogen) atoms. The zero-order valence-electron chi connectivity index (χ0n) is 12.0. The molecule has 0 spiro atoms. The summed E-state index contributed by atoms with van der Waals surface area (Å²) in [4.78, 5) is 12.5. The molecule has 2 atom stereocenters. The highest BCUT2D eigenvalue weighted by atomic mass is 19.1. The van der Waals surface area contributed by atoms with Gasteiger partial charge in [0.05, 0.1) is 19.1 Å². The van der Waals surface area contributed by atoms with Gasteiger partial charge in [0, 0.05) is 11.1 Å². The van der Waals surface area contributed by atoms with Gasteiger partial charge in [0.25, 0.3) is 0 Å². The summed E-state index contributed by atoms with van der Waals surface area (Å²) < 4.78 is 23.9. The van der Waals surface area contributed by atoms with E-state index in [1.165, 1.54) is 18.2 Å². The third-order valence-corrected chi connectivity index (χ3v) is 3.80. The summed E-state index contributed by atoms with van der Waals surface area (Å²) in [6.07, 6.45) is -1.09. The molecule has 0 saturated carbocycles. The lowest BCUT2D eigenvalue weighted by Crippen LogP contribution is -2.32. The maximum atomic E-state index is 13.3.